The standard InChI is InChI=1S/C18H20N4OS/c1-13-10-20(2)16-6-4-3-5-14(16)11-22(13)17(23)9-15-12-21-7-8-24-18(21)19-15/h3-8,12-13H,9-11H2,1-2H3/t13-/m1/s1. The molecule has 1 amide bonds. The van der Waals surface area contributed by atoms with Crippen molar-refractivity contribution in [1.82, 2.24) is 14.3 Å². The van der Waals surface area contributed by atoms with Crippen molar-refractivity contribution in [2.24, 2.45) is 0 Å². The lowest BCUT2D eigenvalue weighted by atomic mass is 10.1. The zero-order valence-corrected chi connectivity index (χ0v) is 14.7. The Labute approximate surface area is 145 Å². The summed E-state index contributed by atoms with van der Waals surface area (Å²) in [6, 6.07) is 8.49. The number of para-hydroxylation sites is 1. The van der Waals surface area contributed by atoms with E-state index in [0.717, 1.165) is 17.2 Å². The monoisotopic (exact) mass is 340 g/mol. The van der Waals surface area contributed by atoms with Crippen molar-refractivity contribution in [3.05, 3.63) is 53.3 Å². The number of likely N-dealkylation sites (N-methyl/N-ethyl adjacent to an activating group) is 1. The average Bonchev–Trinajstić information content (AvgIpc) is 3.10. The van der Waals surface area contributed by atoms with Crippen molar-refractivity contribution in [2.45, 2.75) is 25.9 Å². The fraction of sp³-hybridized carbons (Fsp3) is 0.333. The highest BCUT2D eigenvalue weighted by Gasteiger charge is 2.27. The number of hydrogen-bond acceptors (Lipinski definition) is 4. The van der Waals surface area contributed by atoms with E-state index < -0.39 is 0 Å². The zero-order chi connectivity index (χ0) is 16.7. The molecule has 5 nitrogen and oxygen atoms in total. The van der Waals surface area contributed by atoms with Crippen LogP contribution in [0.4, 0.5) is 5.69 Å². The number of anilines is 1. The van der Waals surface area contributed by atoms with Crippen LogP contribution >= 0.6 is 11.3 Å². The summed E-state index contributed by atoms with van der Waals surface area (Å²) in [6.07, 6.45) is 4.28. The summed E-state index contributed by atoms with van der Waals surface area (Å²) in [6.45, 7) is 3.61. The number of amides is 1. The summed E-state index contributed by atoms with van der Waals surface area (Å²) >= 11 is 1.59. The van der Waals surface area contributed by atoms with Gasteiger partial charge in [0.05, 0.1) is 12.1 Å². The number of imidazole rings is 1. The van der Waals surface area contributed by atoms with Gasteiger partial charge in [0.2, 0.25) is 5.91 Å². The number of nitrogens with zero attached hydrogens (tertiary/aromatic N) is 4. The molecule has 124 valence electrons. The molecule has 3 heterocycles. The van der Waals surface area contributed by atoms with E-state index in [1.165, 1.54) is 11.3 Å². The first kappa shape index (κ1) is 15.2. The first-order valence-corrected chi connectivity index (χ1v) is 8.99. The summed E-state index contributed by atoms with van der Waals surface area (Å²) in [4.78, 5) is 22.6. The lowest BCUT2D eigenvalue weighted by molar-refractivity contribution is -0.132. The number of carbonyl (C=O) groups is 1. The Morgan fingerprint density at radius 1 is 1.38 bits per heavy atom. The maximum absolute atomic E-state index is 12.9. The van der Waals surface area contributed by atoms with Crippen LogP contribution in [-0.4, -0.2) is 39.8 Å². The number of benzene rings is 1. The minimum absolute atomic E-state index is 0.137. The van der Waals surface area contributed by atoms with Gasteiger partial charge in [0.25, 0.3) is 0 Å². The molecule has 0 aliphatic carbocycles. The van der Waals surface area contributed by atoms with Gasteiger partial charge in [-0.3, -0.25) is 9.20 Å². The Balaban J connectivity index is 1.58. The molecule has 3 aromatic rings. The molecule has 1 aromatic carbocycles. The minimum atomic E-state index is 0.137. The third kappa shape index (κ3) is 2.67. The van der Waals surface area contributed by atoms with E-state index in [1.54, 1.807) is 11.3 Å². The zero-order valence-electron chi connectivity index (χ0n) is 13.8. The van der Waals surface area contributed by atoms with Gasteiger partial charge >= 0.3 is 0 Å². The van der Waals surface area contributed by atoms with Crippen LogP contribution in [0.2, 0.25) is 0 Å². The van der Waals surface area contributed by atoms with Gasteiger partial charge in [-0.15, -0.1) is 11.3 Å². The van der Waals surface area contributed by atoms with Gasteiger partial charge in [-0.25, -0.2) is 4.98 Å². The normalized spacial score (nSPS) is 17.8. The Morgan fingerprint density at radius 3 is 3.04 bits per heavy atom. The number of aromatic nitrogens is 2. The van der Waals surface area contributed by atoms with Gasteiger partial charge in [0.1, 0.15) is 0 Å². The molecule has 6 heteroatoms. The van der Waals surface area contributed by atoms with Crippen LogP contribution in [0.25, 0.3) is 4.96 Å². The van der Waals surface area contributed by atoms with Crippen LogP contribution in [0.1, 0.15) is 18.2 Å². The largest absolute Gasteiger partial charge is 0.372 e. The van der Waals surface area contributed by atoms with Crippen LogP contribution in [-0.2, 0) is 17.8 Å². The molecule has 0 radical (unpaired) electrons. The van der Waals surface area contributed by atoms with Crippen molar-refractivity contribution < 1.29 is 4.79 Å². The summed E-state index contributed by atoms with van der Waals surface area (Å²) < 4.78 is 1.97. The molecular weight excluding hydrogens is 320 g/mol. The second-order valence-corrected chi connectivity index (χ2v) is 7.25. The molecule has 1 aliphatic rings. The molecule has 1 aliphatic heterocycles. The van der Waals surface area contributed by atoms with Crippen molar-refractivity contribution in [3.63, 3.8) is 0 Å². The van der Waals surface area contributed by atoms with Gasteiger partial charge < -0.3 is 9.80 Å². The quantitative estimate of drug-likeness (QED) is 0.720. The smallest absolute Gasteiger partial charge is 0.229 e. The SMILES string of the molecule is C[C@@H]1CN(C)c2ccccc2CN1C(=O)Cc1cn2ccsc2n1. The van der Waals surface area contributed by atoms with Gasteiger partial charge in [0, 0.05) is 49.6 Å². The highest BCUT2D eigenvalue weighted by molar-refractivity contribution is 7.15. The van der Waals surface area contributed by atoms with E-state index in [0.29, 0.717) is 13.0 Å². The molecule has 0 fully saturated rings. The van der Waals surface area contributed by atoms with Gasteiger partial charge in [-0.1, -0.05) is 18.2 Å². The van der Waals surface area contributed by atoms with Crippen molar-refractivity contribution >= 4 is 27.9 Å². The second kappa shape index (κ2) is 5.94. The van der Waals surface area contributed by atoms with Gasteiger partial charge in [0.15, 0.2) is 4.96 Å². The molecule has 0 N–H and O–H groups in total. The second-order valence-electron chi connectivity index (χ2n) is 6.38. The lowest BCUT2D eigenvalue weighted by Gasteiger charge is -2.28. The molecule has 0 saturated carbocycles. The van der Waals surface area contributed by atoms with E-state index >= 15 is 0 Å². The van der Waals surface area contributed by atoms with Crippen LogP contribution in [0.5, 0.6) is 0 Å². The molecule has 0 saturated heterocycles. The van der Waals surface area contributed by atoms with Gasteiger partial charge in [-0.2, -0.15) is 0 Å². The van der Waals surface area contributed by atoms with Crippen LogP contribution in [0.3, 0.4) is 0 Å². The molecule has 1 atom stereocenters. The van der Waals surface area contributed by atoms with E-state index in [9.17, 15) is 4.79 Å². The molecule has 4 rings (SSSR count). The van der Waals surface area contributed by atoms with Crippen molar-refractivity contribution in [2.75, 3.05) is 18.5 Å². The lowest BCUT2D eigenvalue weighted by Crippen LogP contribution is -2.42. The Morgan fingerprint density at radius 2 is 2.21 bits per heavy atom. The molecule has 0 spiro atoms. The maximum Gasteiger partial charge on any atom is 0.229 e. The van der Waals surface area contributed by atoms with Crippen molar-refractivity contribution in [1.29, 1.82) is 0 Å². The molecule has 0 bridgehead atoms. The Bertz CT molecular complexity index is 855. The van der Waals surface area contributed by atoms with Crippen LogP contribution < -0.4 is 4.90 Å². The average molecular weight is 340 g/mol. The summed E-state index contributed by atoms with van der Waals surface area (Å²) in [7, 11) is 2.09. The van der Waals surface area contributed by atoms with Crippen LogP contribution in [0.15, 0.2) is 42.0 Å². The van der Waals surface area contributed by atoms with Gasteiger partial charge in [-0.05, 0) is 18.6 Å². The van der Waals surface area contributed by atoms with E-state index in [1.807, 2.05) is 33.1 Å². The van der Waals surface area contributed by atoms with E-state index in [2.05, 4.69) is 42.1 Å². The number of fused-ring (bicyclic) bond motifs is 2. The summed E-state index contributed by atoms with van der Waals surface area (Å²) in [5.41, 5.74) is 3.25. The Kier molecular flexibility index (Phi) is 3.76. The fourth-order valence-corrected chi connectivity index (χ4v) is 4.12. The predicted octanol–water partition coefficient (Wildman–Crippen LogP) is 2.81. The van der Waals surface area contributed by atoms with Crippen LogP contribution in [0, 0.1) is 0 Å². The summed E-state index contributed by atoms with van der Waals surface area (Å²) in [5.74, 6) is 0.137. The fourth-order valence-electron chi connectivity index (χ4n) is 3.40. The molecule has 0 unspecified atom stereocenters. The van der Waals surface area contributed by atoms with E-state index in [-0.39, 0.29) is 11.9 Å². The third-order valence-electron chi connectivity index (χ3n) is 4.61. The molecule has 24 heavy (non-hydrogen) atoms. The number of hydrogen-bond donors (Lipinski definition) is 0. The molecular formula is C18H20N4OS. The number of carbonyl (C=O) groups excluding carboxylic acids is 1. The van der Waals surface area contributed by atoms with Crippen molar-refractivity contribution in [3.8, 4) is 0 Å². The first-order chi connectivity index (χ1) is 11.6. The predicted molar refractivity (Wildman–Crippen MR) is 96.5 cm³/mol. The minimum Gasteiger partial charge on any atom is -0.372 e. The molecule has 2 aromatic heterocycles. The number of rotatable bonds is 2. The Hall–Kier alpha value is -2.34. The highest BCUT2D eigenvalue weighted by atomic mass is 32.1. The summed E-state index contributed by atoms with van der Waals surface area (Å²) in [5, 5.41) is 2.00. The third-order valence-corrected chi connectivity index (χ3v) is 5.38. The first-order valence-electron chi connectivity index (χ1n) is 8.11. The topological polar surface area (TPSA) is 40.9 Å². The van der Waals surface area contributed by atoms with E-state index in [4.69, 9.17) is 0 Å². The highest BCUT2D eigenvalue weighted by Crippen LogP contribution is 2.26. The maximum atomic E-state index is 12.9. The number of thiazole rings is 1.